The highest BCUT2D eigenvalue weighted by Gasteiger charge is 2.06. The summed E-state index contributed by atoms with van der Waals surface area (Å²) in [5.41, 5.74) is 0.321. The quantitative estimate of drug-likeness (QED) is 0.679. The monoisotopic (exact) mass is 179 g/mol. The molecule has 0 radical (unpaired) electrons. The molecule has 0 saturated heterocycles. The molecule has 0 unspecified atom stereocenters. The summed E-state index contributed by atoms with van der Waals surface area (Å²) in [4.78, 5) is 10.6. The lowest BCUT2D eigenvalue weighted by molar-refractivity contribution is 0.112. The Morgan fingerprint density at radius 3 is 3.08 bits per heavy atom. The zero-order chi connectivity index (χ0) is 8.55. The zero-order valence-corrected chi connectivity index (χ0v) is 6.84. The number of aromatic nitrogens is 1. The molecule has 1 N–H and O–H groups in total. The molecule has 0 bridgehead atoms. The van der Waals surface area contributed by atoms with Crippen LogP contribution in [0.4, 0.5) is 0 Å². The average molecular weight is 179 g/mol. The molecular weight excluding hydrogens is 174 g/mol. The van der Waals surface area contributed by atoms with E-state index in [0.29, 0.717) is 11.8 Å². The van der Waals surface area contributed by atoms with Crippen molar-refractivity contribution in [2.45, 2.75) is 0 Å². The minimum Gasteiger partial charge on any atom is -0.507 e. The van der Waals surface area contributed by atoms with Gasteiger partial charge in [0.05, 0.1) is 10.3 Å². The van der Waals surface area contributed by atoms with Crippen LogP contribution in [0.5, 0.6) is 5.75 Å². The predicted molar refractivity (Wildman–Crippen MR) is 46.7 cm³/mol. The maximum absolute atomic E-state index is 10.6. The van der Waals surface area contributed by atoms with E-state index in [2.05, 4.69) is 4.37 Å². The van der Waals surface area contributed by atoms with Gasteiger partial charge in [0.15, 0.2) is 6.29 Å². The Labute approximate surface area is 72.4 Å². The molecule has 0 aliphatic rings. The lowest BCUT2D eigenvalue weighted by atomic mass is 10.1. The van der Waals surface area contributed by atoms with Gasteiger partial charge in [-0.1, -0.05) is 0 Å². The molecule has 2 aromatic rings. The third-order valence-corrected chi connectivity index (χ3v) is 2.44. The van der Waals surface area contributed by atoms with Crippen molar-refractivity contribution in [2.24, 2.45) is 0 Å². The molecule has 0 saturated carbocycles. The van der Waals surface area contributed by atoms with E-state index in [-0.39, 0.29) is 5.75 Å². The van der Waals surface area contributed by atoms with E-state index < -0.39 is 0 Å². The summed E-state index contributed by atoms with van der Waals surface area (Å²) >= 11 is 1.31. The maximum Gasteiger partial charge on any atom is 0.154 e. The lowest BCUT2D eigenvalue weighted by Gasteiger charge is -1.96. The summed E-state index contributed by atoms with van der Waals surface area (Å²) in [5.74, 6) is 0.0118. The van der Waals surface area contributed by atoms with E-state index >= 15 is 0 Å². The standard InChI is InChI=1S/C8H5NO2S/c10-4-6-5-3-9-12-8(5)2-1-7(6)11/h1-4,11H. The van der Waals surface area contributed by atoms with Crippen LogP contribution in [0, 0.1) is 0 Å². The highest BCUT2D eigenvalue weighted by Crippen LogP contribution is 2.27. The Hall–Kier alpha value is -1.42. The summed E-state index contributed by atoms with van der Waals surface area (Å²) in [5, 5.41) is 9.99. The van der Waals surface area contributed by atoms with Crippen LogP contribution in [-0.2, 0) is 0 Å². The molecule has 0 amide bonds. The number of phenols is 1. The number of benzene rings is 1. The molecule has 0 fully saturated rings. The minimum atomic E-state index is 0.0118. The largest absolute Gasteiger partial charge is 0.507 e. The molecule has 12 heavy (non-hydrogen) atoms. The summed E-state index contributed by atoms with van der Waals surface area (Å²) in [6.07, 6.45) is 2.23. The number of aldehydes is 1. The van der Waals surface area contributed by atoms with E-state index in [1.807, 2.05) is 0 Å². The van der Waals surface area contributed by atoms with E-state index in [4.69, 9.17) is 0 Å². The van der Waals surface area contributed by atoms with Crippen LogP contribution in [0.3, 0.4) is 0 Å². The number of aromatic hydroxyl groups is 1. The first kappa shape index (κ1) is 7.24. The Bertz CT molecular complexity index is 436. The molecule has 1 aromatic carbocycles. The third-order valence-electron chi connectivity index (χ3n) is 1.67. The molecule has 0 atom stereocenters. The maximum atomic E-state index is 10.6. The van der Waals surface area contributed by atoms with Crippen molar-refractivity contribution in [2.75, 3.05) is 0 Å². The van der Waals surface area contributed by atoms with Gasteiger partial charge in [0.1, 0.15) is 5.75 Å². The van der Waals surface area contributed by atoms with Gasteiger partial charge in [0.25, 0.3) is 0 Å². The molecular formula is C8H5NO2S. The Balaban J connectivity index is 2.91. The fourth-order valence-electron chi connectivity index (χ4n) is 1.08. The number of carbonyl (C=O) groups is 1. The van der Waals surface area contributed by atoms with Gasteiger partial charge in [-0.15, -0.1) is 0 Å². The summed E-state index contributed by atoms with van der Waals surface area (Å²) in [6.45, 7) is 0. The molecule has 60 valence electrons. The first-order valence-electron chi connectivity index (χ1n) is 3.34. The van der Waals surface area contributed by atoms with Gasteiger partial charge in [-0.25, -0.2) is 0 Å². The topological polar surface area (TPSA) is 50.2 Å². The second kappa shape index (κ2) is 2.57. The third kappa shape index (κ3) is 0.887. The SMILES string of the molecule is O=Cc1c(O)ccc2sncc12. The van der Waals surface area contributed by atoms with Crippen LogP contribution < -0.4 is 0 Å². The normalized spacial score (nSPS) is 10.3. The van der Waals surface area contributed by atoms with Crippen molar-refractivity contribution < 1.29 is 9.90 Å². The Morgan fingerprint density at radius 1 is 1.50 bits per heavy atom. The number of fused-ring (bicyclic) bond motifs is 1. The van der Waals surface area contributed by atoms with Gasteiger partial charge >= 0.3 is 0 Å². The van der Waals surface area contributed by atoms with Crippen molar-refractivity contribution >= 4 is 27.9 Å². The molecule has 3 nitrogen and oxygen atoms in total. The number of phenolic OH excluding ortho intramolecular Hbond substituents is 1. The second-order valence-electron chi connectivity index (χ2n) is 2.35. The summed E-state index contributed by atoms with van der Waals surface area (Å²) < 4.78 is 4.83. The van der Waals surface area contributed by atoms with Crippen molar-refractivity contribution in [1.82, 2.24) is 4.37 Å². The number of carbonyl (C=O) groups excluding carboxylic acids is 1. The lowest BCUT2D eigenvalue weighted by Crippen LogP contribution is -1.80. The van der Waals surface area contributed by atoms with Gasteiger partial charge < -0.3 is 5.11 Å². The Morgan fingerprint density at radius 2 is 2.33 bits per heavy atom. The first-order valence-corrected chi connectivity index (χ1v) is 4.12. The molecule has 0 aliphatic heterocycles. The second-order valence-corrected chi connectivity index (χ2v) is 3.19. The molecule has 0 aliphatic carbocycles. The Kier molecular flexibility index (Phi) is 1.55. The van der Waals surface area contributed by atoms with Gasteiger partial charge in [0.2, 0.25) is 0 Å². The van der Waals surface area contributed by atoms with Crippen LogP contribution in [0.2, 0.25) is 0 Å². The van der Waals surface area contributed by atoms with Crippen LogP contribution >= 0.6 is 11.5 Å². The van der Waals surface area contributed by atoms with E-state index in [1.54, 1.807) is 12.3 Å². The molecule has 4 heteroatoms. The molecule has 1 heterocycles. The van der Waals surface area contributed by atoms with Gasteiger partial charge in [0, 0.05) is 11.6 Å². The smallest absolute Gasteiger partial charge is 0.154 e. The highest BCUT2D eigenvalue weighted by molar-refractivity contribution is 7.13. The fourth-order valence-corrected chi connectivity index (χ4v) is 1.74. The van der Waals surface area contributed by atoms with Crippen LogP contribution in [0.25, 0.3) is 10.1 Å². The van der Waals surface area contributed by atoms with Crippen LogP contribution in [0.1, 0.15) is 10.4 Å². The average Bonchev–Trinajstić information content (AvgIpc) is 2.52. The molecule has 0 spiro atoms. The number of rotatable bonds is 1. The van der Waals surface area contributed by atoms with Crippen molar-refractivity contribution in [3.05, 3.63) is 23.9 Å². The van der Waals surface area contributed by atoms with E-state index in [1.165, 1.54) is 17.6 Å². The number of nitrogens with zero attached hydrogens (tertiary/aromatic N) is 1. The number of hydrogen-bond donors (Lipinski definition) is 1. The predicted octanol–water partition coefficient (Wildman–Crippen LogP) is 1.81. The van der Waals surface area contributed by atoms with Gasteiger partial charge in [-0.3, -0.25) is 4.79 Å². The zero-order valence-electron chi connectivity index (χ0n) is 6.02. The fraction of sp³-hybridized carbons (Fsp3) is 0. The summed E-state index contributed by atoms with van der Waals surface area (Å²) in [7, 11) is 0. The van der Waals surface area contributed by atoms with Gasteiger partial charge in [-0.05, 0) is 23.7 Å². The summed E-state index contributed by atoms with van der Waals surface area (Å²) in [6, 6.07) is 3.25. The molecule has 2 rings (SSSR count). The van der Waals surface area contributed by atoms with Gasteiger partial charge in [-0.2, -0.15) is 4.37 Å². The van der Waals surface area contributed by atoms with Crippen molar-refractivity contribution in [3.63, 3.8) is 0 Å². The van der Waals surface area contributed by atoms with E-state index in [9.17, 15) is 9.90 Å². The van der Waals surface area contributed by atoms with E-state index in [0.717, 1.165) is 10.1 Å². The first-order chi connectivity index (χ1) is 5.83. The van der Waals surface area contributed by atoms with Crippen molar-refractivity contribution in [3.8, 4) is 5.75 Å². The minimum absolute atomic E-state index is 0.0118. The van der Waals surface area contributed by atoms with Crippen LogP contribution in [-0.4, -0.2) is 15.8 Å². The van der Waals surface area contributed by atoms with Crippen LogP contribution in [0.15, 0.2) is 18.3 Å². The number of hydrogen-bond acceptors (Lipinski definition) is 4. The highest BCUT2D eigenvalue weighted by atomic mass is 32.1. The molecule has 1 aromatic heterocycles. The van der Waals surface area contributed by atoms with Crippen molar-refractivity contribution in [1.29, 1.82) is 0 Å².